The summed E-state index contributed by atoms with van der Waals surface area (Å²) in [5.41, 5.74) is 1.01. The van der Waals surface area contributed by atoms with Gasteiger partial charge < -0.3 is 9.47 Å². The molecule has 0 rings (SSSR count). The van der Waals surface area contributed by atoms with Crippen LogP contribution >= 0.6 is 0 Å². The second-order valence-corrected chi connectivity index (χ2v) is 2.43. The maximum atomic E-state index is 5.13. The van der Waals surface area contributed by atoms with Crippen LogP contribution in [-0.4, -0.2) is 14.2 Å². The van der Waals surface area contributed by atoms with Crippen molar-refractivity contribution in [3.05, 3.63) is 48.5 Å². The molecule has 2 heteroatoms. The molecule has 0 amide bonds. The molecule has 2 nitrogen and oxygen atoms in total. The van der Waals surface area contributed by atoms with Crippen LogP contribution in [0, 0.1) is 0 Å². The van der Waals surface area contributed by atoms with Crippen molar-refractivity contribution in [3.63, 3.8) is 0 Å². The normalized spacial score (nSPS) is 13.0. The van der Waals surface area contributed by atoms with Gasteiger partial charge in [0.15, 0.2) is 11.5 Å². The van der Waals surface area contributed by atoms with Crippen LogP contribution in [0.5, 0.6) is 0 Å². The lowest BCUT2D eigenvalue weighted by Gasteiger charge is -2.06. The molecule has 0 aromatic rings. The zero-order valence-corrected chi connectivity index (χ0v) is 8.46. The van der Waals surface area contributed by atoms with Gasteiger partial charge in [-0.2, -0.15) is 0 Å². The fourth-order valence-corrected chi connectivity index (χ4v) is 0.781. The third kappa shape index (κ3) is 3.65. The van der Waals surface area contributed by atoms with Crippen molar-refractivity contribution in [2.45, 2.75) is 6.92 Å². The lowest BCUT2D eigenvalue weighted by molar-refractivity contribution is 0.241. The predicted molar refractivity (Wildman–Crippen MR) is 55.2 cm³/mol. The van der Waals surface area contributed by atoms with E-state index in [4.69, 9.17) is 9.47 Å². The molecule has 0 heterocycles. The number of hydrogen-bond donors (Lipinski definition) is 0. The fraction of sp³-hybridized carbons (Fsp3) is 0.273. The van der Waals surface area contributed by atoms with E-state index in [1.807, 2.05) is 13.0 Å². The van der Waals surface area contributed by atoms with E-state index in [0.29, 0.717) is 11.5 Å². The predicted octanol–water partition coefficient (Wildman–Crippen LogP) is 2.81. The molecule has 0 bridgehead atoms. The molecule has 0 saturated heterocycles. The minimum absolute atomic E-state index is 0.615. The first-order chi connectivity index (χ1) is 6.19. The van der Waals surface area contributed by atoms with Gasteiger partial charge in [-0.15, -0.1) is 0 Å². The van der Waals surface area contributed by atoms with E-state index in [2.05, 4.69) is 13.2 Å². The van der Waals surface area contributed by atoms with Gasteiger partial charge in [0.25, 0.3) is 0 Å². The number of ether oxygens (including phenoxy) is 2. The summed E-state index contributed by atoms with van der Waals surface area (Å²) in [6, 6.07) is 0. The maximum absolute atomic E-state index is 5.13. The van der Waals surface area contributed by atoms with E-state index in [1.54, 1.807) is 26.4 Å². The minimum atomic E-state index is 0.615. The van der Waals surface area contributed by atoms with Crippen molar-refractivity contribution in [2.24, 2.45) is 0 Å². The summed E-state index contributed by atoms with van der Waals surface area (Å²) < 4.78 is 10.2. The van der Waals surface area contributed by atoms with Crippen molar-refractivity contribution < 1.29 is 9.47 Å². The zero-order valence-electron chi connectivity index (χ0n) is 8.46. The third-order valence-corrected chi connectivity index (χ3v) is 1.55. The molecule has 0 aromatic heterocycles. The molecule has 0 aliphatic rings. The summed E-state index contributed by atoms with van der Waals surface area (Å²) in [6.07, 6.45) is 5.19. The lowest BCUT2D eigenvalue weighted by Crippen LogP contribution is -1.92. The average molecular weight is 180 g/mol. The van der Waals surface area contributed by atoms with Gasteiger partial charge >= 0.3 is 0 Å². The molecule has 0 aromatic carbocycles. The first-order valence-corrected chi connectivity index (χ1v) is 3.95. The third-order valence-electron chi connectivity index (χ3n) is 1.55. The van der Waals surface area contributed by atoms with Crippen LogP contribution in [0.15, 0.2) is 48.5 Å². The molecule has 0 atom stereocenters. The first kappa shape index (κ1) is 11.6. The molecule has 0 aliphatic carbocycles. The summed E-state index contributed by atoms with van der Waals surface area (Å²) in [5.74, 6) is 1.26. The Balaban J connectivity index is 4.96. The van der Waals surface area contributed by atoms with Crippen LogP contribution in [-0.2, 0) is 9.47 Å². The second kappa shape index (κ2) is 6.12. The summed E-state index contributed by atoms with van der Waals surface area (Å²) in [5, 5.41) is 0. The Bertz CT molecular complexity index is 247. The lowest BCUT2D eigenvalue weighted by atomic mass is 10.2. The number of rotatable bonds is 5. The Morgan fingerprint density at radius 2 is 1.54 bits per heavy atom. The molecular formula is C11H16O2. The topological polar surface area (TPSA) is 18.5 Å². The molecule has 0 N–H and O–H groups in total. The van der Waals surface area contributed by atoms with E-state index in [-0.39, 0.29) is 0 Å². The Morgan fingerprint density at radius 1 is 1.00 bits per heavy atom. The molecule has 72 valence electrons. The highest BCUT2D eigenvalue weighted by Gasteiger charge is 2.00. The smallest absolute Gasteiger partial charge is 0.160 e. The van der Waals surface area contributed by atoms with Crippen LogP contribution in [0.2, 0.25) is 0 Å². The van der Waals surface area contributed by atoms with E-state index in [0.717, 1.165) is 5.57 Å². The SMILES string of the molecule is C=C/C(OC)=C(\C=C(/C)C=C)OC. The van der Waals surface area contributed by atoms with Gasteiger partial charge in [0.2, 0.25) is 0 Å². The highest BCUT2D eigenvalue weighted by atomic mass is 16.5. The highest BCUT2D eigenvalue weighted by molar-refractivity contribution is 5.29. The van der Waals surface area contributed by atoms with Crippen molar-refractivity contribution in [2.75, 3.05) is 14.2 Å². The number of methoxy groups -OCH3 is 2. The molecule has 13 heavy (non-hydrogen) atoms. The number of allylic oxidation sites excluding steroid dienone is 4. The summed E-state index contributed by atoms with van der Waals surface area (Å²) in [6.45, 7) is 9.19. The van der Waals surface area contributed by atoms with Crippen molar-refractivity contribution in [1.82, 2.24) is 0 Å². The van der Waals surface area contributed by atoms with E-state index in [1.165, 1.54) is 0 Å². The Kier molecular flexibility index (Phi) is 5.44. The van der Waals surface area contributed by atoms with Gasteiger partial charge in [-0.25, -0.2) is 0 Å². The van der Waals surface area contributed by atoms with Gasteiger partial charge in [-0.3, -0.25) is 0 Å². The van der Waals surface area contributed by atoms with Crippen LogP contribution in [0.25, 0.3) is 0 Å². The van der Waals surface area contributed by atoms with Gasteiger partial charge in [-0.1, -0.05) is 19.2 Å². The first-order valence-electron chi connectivity index (χ1n) is 3.95. The van der Waals surface area contributed by atoms with E-state index >= 15 is 0 Å². The Hall–Kier alpha value is -1.44. The largest absolute Gasteiger partial charge is 0.493 e. The Morgan fingerprint density at radius 3 is 1.85 bits per heavy atom. The molecule has 0 saturated carbocycles. The summed E-state index contributed by atoms with van der Waals surface area (Å²) >= 11 is 0. The van der Waals surface area contributed by atoms with Crippen LogP contribution in [0.1, 0.15) is 6.92 Å². The standard InChI is InChI=1S/C11H16O2/c1-6-9(3)8-11(13-5)10(7-2)12-4/h6-8H,1-2H2,3-5H3/b9-8+,11-10-. The Labute approximate surface area is 79.9 Å². The van der Waals surface area contributed by atoms with Gasteiger partial charge in [0.1, 0.15) is 0 Å². The highest BCUT2D eigenvalue weighted by Crippen LogP contribution is 2.11. The molecular weight excluding hydrogens is 164 g/mol. The average Bonchev–Trinajstić information content (AvgIpc) is 2.17. The quantitative estimate of drug-likeness (QED) is 0.478. The van der Waals surface area contributed by atoms with E-state index in [9.17, 15) is 0 Å². The van der Waals surface area contributed by atoms with Crippen molar-refractivity contribution in [3.8, 4) is 0 Å². The molecule has 0 spiro atoms. The summed E-state index contributed by atoms with van der Waals surface area (Å²) in [4.78, 5) is 0. The molecule has 0 radical (unpaired) electrons. The minimum Gasteiger partial charge on any atom is -0.493 e. The maximum Gasteiger partial charge on any atom is 0.160 e. The van der Waals surface area contributed by atoms with Gasteiger partial charge in [0, 0.05) is 0 Å². The van der Waals surface area contributed by atoms with E-state index < -0.39 is 0 Å². The monoisotopic (exact) mass is 180 g/mol. The number of hydrogen-bond acceptors (Lipinski definition) is 2. The molecule has 0 unspecified atom stereocenters. The summed E-state index contributed by atoms with van der Waals surface area (Å²) in [7, 11) is 3.16. The van der Waals surface area contributed by atoms with Gasteiger partial charge in [0.05, 0.1) is 14.2 Å². The van der Waals surface area contributed by atoms with Crippen molar-refractivity contribution in [1.29, 1.82) is 0 Å². The van der Waals surface area contributed by atoms with Crippen LogP contribution < -0.4 is 0 Å². The van der Waals surface area contributed by atoms with Crippen LogP contribution in [0.3, 0.4) is 0 Å². The van der Waals surface area contributed by atoms with Crippen LogP contribution in [0.4, 0.5) is 0 Å². The molecule has 0 aliphatic heterocycles. The second-order valence-electron chi connectivity index (χ2n) is 2.43. The fourth-order valence-electron chi connectivity index (χ4n) is 0.781. The molecule has 0 fully saturated rings. The van der Waals surface area contributed by atoms with Crippen molar-refractivity contribution >= 4 is 0 Å². The van der Waals surface area contributed by atoms with Gasteiger partial charge in [-0.05, 0) is 24.6 Å². The zero-order chi connectivity index (χ0) is 10.3.